The third kappa shape index (κ3) is 7.61. The highest BCUT2D eigenvalue weighted by atomic mass is 35.5. The first-order valence-corrected chi connectivity index (χ1v) is 15.8. The monoisotopic (exact) mass is 615 g/mol. The lowest BCUT2D eigenvalue weighted by atomic mass is 10.1. The predicted molar refractivity (Wildman–Crippen MR) is 164 cm³/mol. The average molecular weight is 617 g/mol. The summed E-state index contributed by atoms with van der Waals surface area (Å²) in [6.45, 7) is 4.91. The van der Waals surface area contributed by atoms with Crippen molar-refractivity contribution in [3.63, 3.8) is 0 Å². The van der Waals surface area contributed by atoms with Gasteiger partial charge >= 0.3 is 0 Å². The second-order valence-corrected chi connectivity index (χ2v) is 13.3. The van der Waals surface area contributed by atoms with Crippen molar-refractivity contribution < 1.29 is 18.0 Å². The summed E-state index contributed by atoms with van der Waals surface area (Å²) < 4.78 is 28.9. The number of carbonyl (C=O) groups excluding carboxylic acids is 2. The molecule has 1 saturated carbocycles. The van der Waals surface area contributed by atoms with E-state index in [1.54, 1.807) is 61.5 Å². The van der Waals surface area contributed by atoms with Crippen molar-refractivity contribution in [3.8, 4) is 0 Å². The Labute approximate surface area is 252 Å². The SMILES string of the molecule is Cc1ccc(N(CC(=O)N(Cc2ccc(Cl)cc2Cl)[C@H](C)C(=O)NC2CCCC2)S(=O)(=O)c2ccc(C)cc2)cc1. The molecule has 1 N–H and O–H groups in total. The van der Waals surface area contributed by atoms with Gasteiger partial charge in [-0.05, 0) is 75.6 Å². The smallest absolute Gasteiger partial charge is 0.264 e. The van der Waals surface area contributed by atoms with Gasteiger partial charge in [0, 0.05) is 22.6 Å². The van der Waals surface area contributed by atoms with Crippen molar-refractivity contribution in [2.45, 2.75) is 70.0 Å². The Morgan fingerprint density at radius 3 is 2.10 bits per heavy atom. The van der Waals surface area contributed by atoms with Gasteiger partial charge in [-0.3, -0.25) is 13.9 Å². The minimum atomic E-state index is -4.12. The number of amides is 2. The van der Waals surface area contributed by atoms with Crippen LogP contribution in [0.15, 0.2) is 71.6 Å². The van der Waals surface area contributed by atoms with Crippen LogP contribution >= 0.6 is 23.2 Å². The topological polar surface area (TPSA) is 86.8 Å². The van der Waals surface area contributed by atoms with E-state index in [1.807, 2.05) is 13.8 Å². The molecule has 0 unspecified atom stereocenters. The summed E-state index contributed by atoms with van der Waals surface area (Å²) in [7, 11) is -4.12. The van der Waals surface area contributed by atoms with Gasteiger partial charge in [0.15, 0.2) is 0 Å². The molecule has 218 valence electrons. The Bertz CT molecular complexity index is 1490. The maximum absolute atomic E-state index is 14.1. The zero-order chi connectivity index (χ0) is 29.7. The minimum Gasteiger partial charge on any atom is -0.352 e. The van der Waals surface area contributed by atoms with E-state index in [-0.39, 0.29) is 23.4 Å². The molecular formula is C31H35Cl2N3O4S. The minimum absolute atomic E-state index is 0.000403. The van der Waals surface area contributed by atoms with Crippen LogP contribution in [0.1, 0.15) is 49.3 Å². The lowest BCUT2D eigenvalue weighted by molar-refractivity contribution is -0.139. The van der Waals surface area contributed by atoms with Gasteiger partial charge in [0.05, 0.1) is 10.6 Å². The molecule has 2 amide bonds. The predicted octanol–water partition coefficient (Wildman–Crippen LogP) is 6.28. The Balaban J connectivity index is 1.70. The van der Waals surface area contributed by atoms with E-state index >= 15 is 0 Å². The van der Waals surface area contributed by atoms with E-state index in [9.17, 15) is 18.0 Å². The molecular weight excluding hydrogens is 581 g/mol. The number of sulfonamides is 1. The zero-order valence-corrected chi connectivity index (χ0v) is 25.8. The van der Waals surface area contributed by atoms with Crippen molar-refractivity contribution in [2.75, 3.05) is 10.8 Å². The maximum Gasteiger partial charge on any atom is 0.264 e. The van der Waals surface area contributed by atoms with Gasteiger partial charge < -0.3 is 10.2 Å². The quantitative estimate of drug-likeness (QED) is 0.291. The van der Waals surface area contributed by atoms with Crippen molar-refractivity contribution in [2.24, 2.45) is 0 Å². The normalized spacial score (nSPS) is 14.5. The van der Waals surface area contributed by atoms with Crippen molar-refractivity contribution in [1.82, 2.24) is 10.2 Å². The number of nitrogens with zero attached hydrogens (tertiary/aromatic N) is 2. The second kappa shape index (κ2) is 13.3. The fourth-order valence-corrected chi connectivity index (χ4v) is 6.77. The van der Waals surface area contributed by atoms with Crippen molar-refractivity contribution in [3.05, 3.63) is 93.5 Å². The van der Waals surface area contributed by atoms with E-state index in [0.29, 0.717) is 21.3 Å². The summed E-state index contributed by atoms with van der Waals surface area (Å²) in [4.78, 5) is 28.8. The number of nitrogens with one attached hydrogen (secondary N) is 1. The molecule has 1 atom stereocenters. The van der Waals surface area contributed by atoms with Crippen LogP contribution in [0.3, 0.4) is 0 Å². The second-order valence-electron chi connectivity index (χ2n) is 10.6. The molecule has 10 heteroatoms. The number of carbonyl (C=O) groups is 2. The molecule has 1 fully saturated rings. The lowest BCUT2D eigenvalue weighted by Crippen LogP contribution is -2.52. The Hall–Kier alpha value is -3.07. The van der Waals surface area contributed by atoms with Gasteiger partial charge in [-0.15, -0.1) is 0 Å². The molecule has 0 radical (unpaired) electrons. The van der Waals surface area contributed by atoms with Gasteiger partial charge in [-0.25, -0.2) is 8.42 Å². The number of anilines is 1. The highest BCUT2D eigenvalue weighted by molar-refractivity contribution is 7.92. The Morgan fingerprint density at radius 2 is 1.51 bits per heavy atom. The highest BCUT2D eigenvalue weighted by Gasteiger charge is 2.33. The lowest BCUT2D eigenvalue weighted by Gasteiger charge is -2.32. The van der Waals surface area contributed by atoms with Gasteiger partial charge in [-0.2, -0.15) is 0 Å². The first-order valence-electron chi connectivity index (χ1n) is 13.7. The van der Waals surface area contributed by atoms with Crippen LogP contribution in [-0.2, 0) is 26.2 Å². The van der Waals surface area contributed by atoms with E-state index in [0.717, 1.165) is 41.1 Å². The third-order valence-electron chi connectivity index (χ3n) is 7.43. The first kappa shape index (κ1) is 30.9. The van der Waals surface area contributed by atoms with Crippen LogP contribution in [0, 0.1) is 13.8 Å². The van der Waals surface area contributed by atoms with Crippen LogP contribution in [0.5, 0.6) is 0 Å². The van der Waals surface area contributed by atoms with Gasteiger partial charge in [0.1, 0.15) is 12.6 Å². The van der Waals surface area contributed by atoms with E-state index in [1.165, 1.54) is 17.0 Å². The first-order chi connectivity index (χ1) is 19.5. The Morgan fingerprint density at radius 1 is 0.927 bits per heavy atom. The molecule has 1 aliphatic rings. The standard InChI is InChI=1S/C31H35Cl2N3O4S/c1-21-8-14-27(15-9-21)36(41(39,40)28-16-10-22(2)11-17-28)20-30(37)35(19-24-12-13-25(32)18-29(24)33)23(3)31(38)34-26-6-4-5-7-26/h8-18,23,26H,4-7,19-20H2,1-3H3,(H,34,38)/t23-/m1/s1. The molecule has 0 aliphatic heterocycles. The highest BCUT2D eigenvalue weighted by Crippen LogP contribution is 2.27. The molecule has 1 aliphatic carbocycles. The molecule has 3 aromatic rings. The van der Waals surface area contributed by atoms with E-state index < -0.39 is 28.5 Å². The summed E-state index contributed by atoms with van der Waals surface area (Å²) in [6, 6.07) is 17.5. The Kier molecular flexibility index (Phi) is 10.00. The molecule has 7 nitrogen and oxygen atoms in total. The number of hydrogen-bond acceptors (Lipinski definition) is 4. The molecule has 0 heterocycles. The number of hydrogen-bond donors (Lipinski definition) is 1. The third-order valence-corrected chi connectivity index (χ3v) is 9.81. The van der Waals surface area contributed by atoms with E-state index in [4.69, 9.17) is 23.2 Å². The molecule has 0 bridgehead atoms. The van der Waals surface area contributed by atoms with Crippen molar-refractivity contribution >= 4 is 50.7 Å². The molecule has 0 saturated heterocycles. The average Bonchev–Trinajstić information content (AvgIpc) is 3.44. The van der Waals surface area contributed by atoms with Gasteiger partial charge in [0.2, 0.25) is 11.8 Å². The van der Waals surface area contributed by atoms with Gasteiger partial charge in [0.25, 0.3) is 10.0 Å². The van der Waals surface area contributed by atoms with Crippen LogP contribution in [0.4, 0.5) is 5.69 Å². The fourth-order valence-electron chi connectivity index (χ4n) is 4.89. The summed E-state index contributed by atoms with van der Waals surface area (Å²) in [5, 5.41) is 3.85. The van der Waals surface area contributed by atoms with Gasteiger partial charge in [-0.1, -0.05) is 77.5 Å². The van der Waals surface area contributed by atoms with Crippen LogP contribution < -0.4 is 9.62 Å². The van der Waals surface area contributed by atoms with Crippen LogP contribution in [-0.4, -0.2) is 43.8 Å². The molecule has 0 aromatic heterocycles. The number of benzene rings is 3. The molecule has 3 aromatic carbocycles. The van der Waals surface area contributed by atoms with Crippen LogP contribution in [0.2, 0.25) is 10.0 Å². The number of halogens is 2. The van der Waals surface area contributed by atoms with Crippen LogP contribution in [0.25, 0.3) is 0 Å². The summed E-state index contributed by atoms with van der Waals surface area (Å²) in [5.41, 5.74) is 2.80. The molecule has 41 heavy (non-hydrogen) atoms. The largest absolute Gasteiger partial charge is 0.352 e. The maximum atomic E-state index is 14.1. The number of rotatable bonds is 10. The summed E-state index contributed by atoms with van der Waals surface area (Å²) >= 11 is 12.5. The molecule has 4 rings (SSSR count). The summed E-state index contributed by atoms with van der Waals surface area (Å²) in [6.07, 6.45) is 3.88. The van der Waals surface area contributed by atoms with E-state index in [2.05, 4.69) is 5.32 Å². The van der Waals surface area contributed by atoms with Crippen molar-refractivity contribution in [1.29, 1.82) is 0 Å². The number of aryl methyl sites for hydroxylation is 2. The summed E-state index contributed by atoms with van der Waals surface area (Å²) in [5.74, 6) is -0.833. The molecule has 0 spiro atoms. The fraction of sp³-hybridized carbons (Fsp3) is 0.355. The zero-order valence-electron chi connectivity index (χ0n) is 23.4.